The van der Waals surface area contributed by atoms with Crippen LogP contribution in [0.2, 0.25) is 0 Å². The topological polar surface area (TPSA) is 79.6 Å². The van der Waals surface area contributed by atoms with Gasteiger partial charge >= 0.3 is 0 Å². The number of piperidine rings is 2. The average molecular weight is 516 g/mol. The summed E-state index contributed by atoms with van der Waals surface area (Å²) in [6.07, 6.45) is 7.47. The van der Waals surface area contributed by atoms with Gasteiger partial charge in [-0.25, -0.2) is 19.3 Å². The molecule has 0 radical (unpaired) electrons. The van der Waals surface area contributed by atoms with Crippen molar-refractivity contribution in [1.29, 1.82) is 0 Å². The van der Waals surface area contributed by atoms with Gasteiger partial charge in [-0.15, -0.1) is 0 Å². The predicted octanol–water partition coefficient (Wildman–Crippen LogP) is 4.59. The summed E-state index contributed by atoms with van der Waals surface area (Å²) in [6, 6.07) is 13.7. The zero-order valence-corrected chi connectivity index (χ0v) is 21.7. The number of aromatic nitrogens is 4. The molecule has 9 heteroatoms. The molecule has 0 spiro atoms. The molecule has 38 heavy (non-hydrogen) atoms. The average Bonchev–Trinajstić information content (AvgIpc) is 3.37. The molecule has 2 aliphatic rings. The third-order valence-electron chi connectivity index (χ3n) is 7.53. The molecule has 0 unspecified atom stereocenters. The number of pyridine rings is 1. The zero-order chi connectivity index (χ0) is 25.9. The maximum absolute atomic E-state index is 14.1. The summed E-state index contributed by atoms with van der Waals surface area (Å²) < 4.78 is 22.1. The predicted molar refractivity (Wildman–Crippen MR) is 147 cm³/mol. The minimum absolute atomic E-state index is 0.223. The molecule has 6 rings (SSSR count). The highest BCUT2D eigenvalue weighted by Crippen LogP contribution is 2.31. The lowest BCUT2D eigenvalue weighted by molar-refractivity contribution is 0.0250. The highest BCUT2D eigenvalue weighted by Gasteiger charge is 2.26. The summed E-state index contributed by atoms with van der Waals surface area (Å²) in [6.45, 7) is 6.37. The third kappa shape index (κ3) is 5.35. The van der Waals surface area contributed by atoms with Crippen molar-refractivity contribution in [2.45, 2.75) is 51.4 Å². The molecule has 5 heterocycles. The molecule has 1 atom stereocenters. The van der Waals surface area contributed by atoms with Crippen LogP contribution in [-0.2, 0) is 11.3 Å². The molecule has 2 N–H and O–H groups in total. The van der Waals surface area contributed by atoms with Crippen molar-refractivity contribution in [3.63, 3.8) is 0 Å². The number of imidazole rings is 1. The van der Waals surface area contributed by atoms with Crippen molar-refractivity contribution in [2.75, 3.05) is 36.4 Å². The van der Waals surface area contributed by atoms with Crippen LogP contribution in [0.5, 0.6) is 0 Å². The van der Waals surface area contributed by atoms with Crippen LogP contribution in [0, 0.1) is 12.7 Å². The van der Waals surface area contributed by atoms with Crippen LogP contribution in [-0.4, -0.2) is 57.7 Å². The van der Waals surface area contributed by atoms with E-state index in [1.54, 1.807) is 16.7 Å². The van der Waals surface area contributed by atoms with Crippen LogP contribution in [0.3, 0.4) is 0 Å². The number of ether oxygens (including phenoxy) is 1. The summed E-state index contributed by atoms with van der Waals surface area (Å²) in [5.41, 5.74) is 3.56. The van der Waals surface area contributed by atoms with Crippen LogP contribution in [0.15, 0.2) is 54.9 Å². The van der Waals surface area contributed by atoms with Crippen molar-refractivity contribution in [3.8, 4) is 11.5 Å². The maximum atomic E-state index is 14.1. The summed E-state index contributed by atoms with van der Waals surface area (Å²) in [5.74, 6) is 1.95. The Morgan fingerprint density at radius 2 is 1.92 bits per heavy atom. The molecule has 198 valence electrons. The fourth-order valence-electron chi connectivity index (χ4n) is 5.38. The number of nitrogens with one attached hydrogen (secondary N) is 2. The SMILES string of the molecule is Cc1c(N[C@@H]2CCCNC2)nc(-c2cnc3ccc(F)cn23)nc1N1CCC(OCc2ccccc2)CC1. The van der Waals surface area contributed by atoms with Crippen molar-refractivity contribution in [1.82, 2.24) is 24.7 Å². The number of hydrogen-bond donors (Lipinski definition) is 2. The Labute approximate surface area is 222 Å². The van der Waals surface area contributed by atoms with Crippen LogP contribution in [0.25, 0.3) is 17.2 Å². The number of rotatable bonds is 7. The summed E-state index contributed by atoms with van der Waals surface area (Å²) in [5, 5.41) is 7.14. The van der Waals surface area contributed by atoms with Crippen molar-refractivity contribution in [3.05, 3.63) is 71.8 Å². The van der Waals surface area contributed by atoms with Gasteiger partial charge in [0.2, 0.25) is 0 Å². The number of nitrogens with zero attached hydrogens (tertiary/aromatic N) is 5. The number of anilines is 2. The highest BCUT2D eigenvalue weighted by molar-refractivity contribution is 5.66. The van der Waals surface area contributed by atoms with Gasteiger partial charge in [0.15, 0.2) is 5.82 Å². The van der Waals surface area contributed by atoms with Gasteiger partial charge in [-0.2, -0.15) is 0 Å². The molecule has 3 aromatic heterocycles. The molecule has 0 amide bonds. The molecule has 1 aromatic carbocycles. The van der Waals surface area contributed by atoms with E-state index >= 15 is 0 Å². The maximum Gasteiger partial charge on any atom is 0.182 e. The Bertz CT molecular complexity index is 1380. The summed E-state index contributed by atoms with van der Waals surface area (Å²) in [4.78, 5) is 16.8. The first kappa shape index (κ1) is 24.8. The molecular formula is C29H34FN7O. The van der Waals surface area contributed by atoms with Gasteiger partial charge in [-0.05, 0) is 56.8 Å². The Morgan fingerprint density at radius 3 is 2.71 bits per heavy atom. The molecule has 0 saturated carbocycles. The number of benzene rings is 1. The van der Waals surface area contributed by atoms with Crippen molar-refractivity contribution >= 4 is 17.3 Å². The fraction of sp³-hybridized carbons (Fsp3) is 0.414. The molecule has 4 aromatic rings. The van der Waals surface area contributed by atoms with Gasteiger partial charge in [0.1, 0.15) is 28.8 Å². The monoisotopic (exact) mass is 515 g/mol. The molecule has 2 fully saturated rings. The number of hydrogen-bond acceptors (Lipinski definition) is 7. The molecule has 8 nitrogen and oxygen atoms in total. The van der Waals surface area contributed by atoms with E-state index in [-0.39, 0.29) is 11.9 Å². The van der Waals surface area contributed by atoms with E-state index < -0.39 is 0 Å². The van der Waals surface area contributed by atoms with Crippen LogP contribution in [0.1, 0.15) is 36.8 Å². The zero-order valence-electron chi connectivity index (χ0n) is 21.7. The molecule has 2 saturated heterocycles. The highest BCUT2D eigenvalue weighted by atomic mass is 19.1. The summed E-state index contributed by atoms with van der Waals surface area (Å²) in [7, 11) is 0. The lowest BCUT2D eigenvalue weighted by Crippen LogP contribution is -2.40. The van der Waals surface area contributed by atoms with E-state index in [9.17, 15) is 4.39 Å². The second kappa shape index (κ2) is 11.0. The van der Waals surface area contributed by atoms with Crippen molar-refractivity contribution < 1.29 is 9.13 Å². The second-order valence-electron chi connectivity index (χ2n) is 10.2. The first-order chi connectivity index (χ1) is 18.6. The lowest BCUT2D eigenvalue weighted by Gasteiger charge is -2.34. The molecule has 0 bridgehead atoms. The lowest BCUT2D eigenvalue weighted by atomic mass is 10.1. The van der Waals surface area contributed by atoms with Gasteiger partial charge in [0.25, 0.3) is 0 Å². The molecule has 2 aliphatic heterocycles. The van der Waals surface area contributed by atoms with Crippen LogP contribution in [0.4, 0.5) is 16.0 Å². The van der Waals surface area contributed by atoms with E-state index in [0.29, 0.717) is 29.8 Å². The normalized spacial score (nSPS) is 18.7. The first-order valence-corrected chi connectivity index (χ1v) is 13.5. The number of halogens is 1. The fourth-order valence-corrected chi connectivity index (χ4v) is 5.38. The van der Waals surface area contributed by atoms with Gasteiger partial charge in [-0.1, -0.05) is 30.3 Å². The van der Waals surface area contributed by atoms with E-state index in [2.05, 4.69) is 39.6 Å². The van der Waals surface area contributed by atoms with E-state index in [1.807, 2.05) is 18.2 Å². The Kier molecular flexibility index (Phi) is 7.20. The largest absolute Gasteiger partial charge is 0.373 e. The Balaban J connectivity index is 1.26. The van der Waals surface area contributed by atoms with E-state index in [4.69, 9.17) is 14.7 Å². The van der Waals surface area contributed by atoms with Gasteiger partial charge in [0, 0.05) is 37.4 Å². The molecule has 0 aliphatic carbocycles. The summed E-state index contributed by atoms with van der Waals surface area (Å²) >= 11 is 0. The minimum Gasteiger partial charge on any atom is -0.373 e. The standard InChI is InChI=1S/C29H34FN7O/c1-20-27(33-23-8-5-13-31-16-23)34-28(25-17-32-26-10-9-22(30)18-37(25)26)35-29(20)36-14-11-24(12-15-36)38-19-21-6-3-2-4-7-21/h2-4,6-7,9-10,17-18,23-24,31H,5,8,11-16,19H2,1H3,(H,33,34,35)/t23-/m1/s1. The minimum atomic E-state index is -0.326. The Morgan fingerprint density at radius 1 is 1.08 bits per heavy atom. The third-order valence-corrected chi connectivity index (χ3v) is 7.53. The van der Waals surface area contributed by atoms with Gasteiger partial charge in [0.05, 0.1) is 18.9 Å². The first-order valence-electron chi connectivity index (χ1n) is 13.5. The van der Waals surface area contributed by atoms with E-state index in [0.717, 1.165) is 69.1 Å². The van der Waals surface area contributed by atoms with Crippen molar-refractivity contribution in [2.24, 2.45) is 0 Å². The van der Waals surface area contributed by atoms with E-state index in [1.165, 1.54) is 17.8 Å². The smallest absolute Gasteiger partial charge is 0.182 e. The van der Waals surface area contributed by atoms with Gasteiger partial charge < -0.3 is 20.3 Å². The second-order valence-corrected chi connectivity index (χ2v) is 10.2. The van der Waals surface area contributed by atoms with Gasteiger partial charge in [-0.3, -0.25) is 4.40 Å². The Hall–Kier alpha value is -3.56. The number of fused-ring (bicyclic) bond motifs is 1. The quantitative estimate of drug-likeness (QED) is 0.373. The molecular weight excluding hydrogens is 481 g/mol. The van der Waals surface area contributed by atoms with Crippen LogP contribution >= 0.6 is 0 Å². The van der Waals surface area contributed by atoms with Crippen LogP contribution < -0.4 is 15.5 Å².